The highest BCUT2D eigenvalue weighted by molar-refractivity contribution is 5.98. The first-order chi connectivity index (χ1) is 29.7. The third-order valence-corrected chi connectivity index (χ3v) is 11.2. The monoisotopic (exact) mass is 876 g/mol. The van der Waals surface area contributed by atoms with E-state index in [1.165, 1.54) is 24.0 Å². The number of phenols is 1. The molecule has 1 aliphatic rings. The Hall–Kier alpha value is -6.01. The van der Waals surface area contributed by atoms with Crippen LogP contribution < -0.4 is 32.3 Å². The van der Waals surface area contributed by atoms with Gasteiger partial charge in [0.2, 0.25) is 35.4 Å². The van der Waals surface area contributed by atoms with Gasteiger partial charge in [0.1, 0.15) is 36.0 Å². The Morgan fingerprint density at radius 3 is 1.92 bits per heavy atom. The number of aliphatic hydroxyl groups excluding tert-OH is 1. The number of nitrogens with one attached hydrogen (secondary N) is 6. The average Bonchev–Trinajstić information content (AvgIpc) is 3.88. The lowest BCUT2D eigenvalue weighted by Gasteiger charge is -2.32. The second-order valence-electron chi connectivity index (χ2n) is 17.5. The van der Waals surface area contributed by atoms with Crippen LogP contribution in [-0.2, 0) is 46.4 Å². The highest BCUT2D eigenvalue weighted by atomic mass is 16.4. The van der Waals surface area contributed by atoms with Crippen molar-refractivity contribution in [2.24, 2.45) is 23.5 Å². The number of H-pyrrole nitrogens is 1. The number of nitrogens with two attached hydrogens (primary N) is 1. The molecule has 0 spiro atoms. The number of rotatable bonds is 21. The smallest absolute Gasteiger partial charge is 0.328 e. The normalized spacial score (nSPS) is 17.3. The molecule has 18 nitrogen and oxygen atoms in total. The molecule has 18 heteroatoms. The highest BCUT2D eigenvalue weighted by Crippen LogP contribution is 2.23. The zero-order valence-electron chi connectivity index (χ0n) is 37.0. The second-order valence-corrected chi connectivity index (χ2v) is 17.5. The first kappa shape index (κ1) is 49.6. The molecule has 0 radical (unpaired) electrons. The van der Waals surface area contributed by atoms with Gasteiger partial charge in [0.05, 0.1) is 12.1 Å². The van der Waals surface area contributed by atoms with Gasteiger partial charge in [-0.15, -0.1) is 0 Å². The number of aromatic hydroxyl groups is 1. The van der Waals surface area contributed by atoms with Gasteiger partial charge in [0.25, 0.3) is 0 Å². The Morgan fingerprint density at radius 2 is 1.33 bits per heavy atom. The van der Waals surface area contributed by atoms with Crippen molar-refractivity contribution in [3.05, 3.63) is 65.9 Å². The molecule has 11 N–H and O–H groups in total. The summed E-state index contributed by atoms with van der Waals surface area (Å²) >= 11 is 0. The van der Waals surface area contributed by atoms with E-state index < -0.39 is 95.7 Å². The molecular formula is C45H64N8O10. The quantitative estimate of drug-likeness (QED) is 0.0727. The zero-order chi connectivity index (χ0) is 46.7. The number of amides is 6. The Bertz CT molecular complexity index is 2080. The van der Waals surface area contributed by atoms with E-state index in [0.717, 1.165) is 10.9 Å². The fourth-order valence-electron chi connectivity index (χ4n) is 7.66. The molecule has 6 amide bonds. The van der Waals surface area contributed by atoms with Crippen molar-refractivity contribution in [3.8, 4) is 5.75 Å². The van der Waals surface area contributed by atoms with E-state index in [2.05, 4.69) is 31.6 Å². The van der Waals surface area contributed by atoms with Crippen LogP contribution in [0.1, 0.15) is 78.9 Å². The van der Waals surface area contributed by atoms with Gasteiger partial charge in [-0.1, -0.05) is 71.9 Å². The second kappa shape index (κ2) is 22.4. The molecule has 0 bridgehead atoms. The molecular weight excluding hydrogens is 813 g/mol. The molecule has 1 aliphatic heterocycles. The average molecular weight is 877 g/mol. The minimum absolute atomic E-state index is 0.0177. The maximum absolute atomic E-state index is 14.6. The third-order valence-electron chi connectivity index (χ3n) is 11.2. The van der Waals surface area contributed by atoms with Crippen LogP contribution in [0.2, 0.25) is 0 Å². The Morgan fingerprint density at radius 1 is 0.746 bits per heavy atom. The molecule has 2 heterocycles. The van der Waals surface area contributed by atoms with E-state index in [1.807, 2.05) is 38.1 Å². The summed E-state index contributed by atoms with van der Waals surface area (Å²) in [6.07, 6.45) is 1.11. The molecule has 8 atom stereocenters. The molecule has 1 fully saturated rings. The van der Waals surface area contributed by atoms with Crippen molar-refractivity contribution in [1.29, 1.82) is 0 Å². The van der Waals surface area contributed by atoms with Gasteiger partial charge >= 0.3 is 5.97 Å². The minimum atomic E-state index is -1.67. The Balaban J connectivity index is 1.59. The predicted molar refractivity (Wildman–Crippen MR) is 235 cm³/mol. The van der Waals surface area contributed by atoms with Crippen LogP contribution in [0.3, 0.4) is 0 Å². The number of aromatic nitrogens is 1. The lowest BCUT2D eigenvalue weighted by molar-refractivity contribution is -0.145. The molecule has 0 unspecified atom stereocenters. The molecule has 1 saturated heterocycles. The van der Waals surface area contributed by atoms with E-state index in [-0.39, 0.29) is 43.4 Å². The number of para-hydroxylation sites is 1. The third kappa shape index (κ3) is 13.5. The summed E-state index contributed by atoms with van der Waals surface area (Å²) in [6.45, 7) is 12.1. The Labute approximate surface area is 367 Å². The number of carboxylic acids is 1. The number of benzene rings is 2. The van der Waals surface area contributed by atoms with Gasteiger partial charge in [0.15, 0.2) is 6.04 Å². The van der Waals surface area contributed by atoms with Crippen LogP contribution in [0.15, 0.2) is 54.7 Å². The fraction of sp³-hybridized carbons (Fsp3) is 0.533. The molecule has 1 aromatic heterocycles. The molecule has 3 aromatic rings. The minimum Gasteiger partial charge on any atom is -0.508 e. The molecule has 344 valence electrons. The van der Waals surface area contributed by atoms with Crippen LogP contribution >= 0.6 is 0 Å². The first-order valence-electron chi connectivity index (χ1n) is 21.5. The summed E-state index contributed by atoms with van der Waals surface area (Å²) in [5, 5.41) is 43.9. The largest absolute Gasteiger partial charge is 0.508 e. The number of nitrogens with zero attached hydrogens (tertiary/aromatic N) is 1. The molecule has 63 heavy (non-hydrogen) atoms. The summed E-state index contributed by atoms with van der Waals surface area (Å²) in [7, 11) is 0. The van der Waals surface area contributed by atoms with Crippen LogP contribution in [0.4, 0.5) is 0 Å². The zero-order valence-corrected chi connectivity index (χ0v) is 37.0. The van der Waals surface area contributed by atoms with Gasteiger partial charge in [-0.25, -0.2) is 4.79 Å². The number of hydrogen-bond donors (Lipinski definition) is 10. The van der Waals surface area contributed by atoms with Crippen molar-refractivity contribution < 1.29 is 48.9 Å². The topological polar surface area (TPSA) is 285 Å². The van der Waals surface area contributed by atoms with E-state index in [0.29, 0.717) is 24.0 Å². The molecule has 0 aliphatic carbocycles. The number of carbonyl (C=O) groups excluding carboxylic acids is 6. The first-order valence-corrected chi connectivity index (χ1v) is 21.5. The summed E-state index contributed by atoms with van der Waals surface area (Å²) in [4.78, 5) is 99.7. The van der Waals surface area contributed by atoms with E-state index in [1.54, 1.807) is 46.0 Å². The van der Waals surface area contributed by atoms with E-state index >= 15 is 0 Å². The van der Waals surface area contributed by atoms with E-state index in [9.17, 15) is 48.9 Å². The van der Waals surface area contributed by atoms with Crippen molar-refractivity contribution in [3.63, 3.8) is 0 Å². The van der Waals surface area contributed by atoms with Gasteiger partial charge in [0, 0.05) is 36.5 Å². The number of carbonyl (C=O) groups is 7. The number of aliphatic carboxylic acids is 1. The van der Waals surface area contributed by atoms with Crippen molar-refractivity contribution >= 4 is 52.3 Å². The molecule has 2 aromatic carbocycles. The van der Waals surface area contributed by atoms with Crippen LogP contribution in [0, 0.1) is 17.8 Å². The van der Waals surface area contributed by atoms with Crippen LogP contribution in [0.5, 0.6) is 5.75 Å². The molecule has 4 rings (SSSR count). The van der Waals surface area contributed by atoms with Crippen LogP contribution in [0.25, 0.3) is 10.9 Å². The van der Waals surface area contributed by atoms with Crippen molar-refractivity contribution in [2.45, 2.75) is 129 Å². The lowest BCUT2D eigenvalue weighted by atomic mass is 9.97. The number of carboxylic acid groups (broad SMARTS) is 1. The summed E-state index contributed by atoms with van der Waals surface area (Å²) in [5.74, 6) is -6.19. The summed E-state index contributed by atoms with van der Waals surface area (Å²) in [6, 6.07) is 4.95. The van der Waals surface area contributed by atoms with Crippen LogP contribution in [-0.4, -0.2) is 122 Å². The van der Waals surface area contributed by atoms with Gasteiger partial charge in [-0.2, -0.15) is 0 Å². The number of hydrogen-bond acceptors (Lipinski definition) is 10. The number of fused-ring (bicyclic) bond motifs is 1. The van der Waals surface area contributed by atoms with Crippen molar-refractivity contribution in [2.75, 3.05) is 6.54 Å². The SMILES string of the molecule is CC(C)C[C@H](N)C(=O)N[C@H](C(=O)N[C@H](C(=O)N[C@@H](Cc1ccc(O)cc1)C(=O)N1CCC[C@@H]1C(=O)N[C@@H](Cc1c[nH]c2ccccc12)C(=O)N[C@H](C(=O)O)[C@@H](C)O)C(C)C)C(C)C. The lowest BCUT2D eigenvalue weighted by Crippen LogP contribution is -2.61. The standard InChI is InChI=1S/C45H64N8O10/c1-23(2)19-31(46)39(56)50-37(25(5)6)43(60)51-36(24(3)4)42(59)49-34(20-27-14-16-29(55)17-15-27)44(61)53-18-10-13-35(53)41(58)48-33(40(57)52-38(26(7)54)45(62)63)21-28-22-47-32-12-9-8-11-30(28)32/h8-9,11-12,14-17,22-26,31,33-38,47,54-55H,10,13,18-21,46H2,1-7H3,(H,48,58)(H,49,59)(H,50,56)(H,51,60)(H,52,57)(H,62,63)/t26-,31+,33+,34+,35-,36+,37+,38+/m1/s1. The number of aromatic amines is 1. The fourth-order valence-corrected chi connectivity index (χ4v) is 7.66. The Kier molecular flexibility index (Phi) is 17.6. The van der Waals surface area contributed by atoms with Gasteiger partial charge in [-0.3, -0.25) is 28.8 Å². The maximum Gasteiger partial charge on any atom is 0.328 e. The van der Waals surface area contributed by atoms with Gasteiger partial charge < -0.3 is 57.5 Å². The molecule has 0 saturated carbocycles. The van der Waals surface area contributed by atoms with Crippen molar-refractivity contribution in [1.82, 2.24) is 36.5 Å². The number of phenolic OH excluding ortho intramolecular Hbond substituents is 1. The number of likely N-dealkylation sites (tertiary alicyclic amines) is 1. The summed E-state index contributed by atoms with van der Waals surface area (Å²) in [5.41, 5.74) is 8.08. The predicted octanol–water partition coefficient (Wildman–Crippen LogP) is 1.22. The van der Waals surface area contributed by atoms with E-state index in [4.69, 9.17) is 5.73 Å². The summed E-state index contributed by atoms with van der Waals surface area (Å²) < 4.78 is 0. The van der Waals surface area contributed by atoms with Gasteiger partial charge in [-0.05, 0) is 73.3 Å². The highest BCUT2D eigenvalue weighted by Gasteiger charge is 2.41. The number of aliphatic hydroxyl groups is 1. The maximum atomic E-state index is 14.6.